The Labute approximate surface area is 258 Å². The molecule has 242 valence electrons. The molecular formula is C31H27F6N5O4. The maximum atomic E-state index is 14.0. The first-order chi connectivity index (χ1) is 21.9. The molecule has 1 unspecified atom stereocenters. The van der Waals surface area contributed by atoms with Gasteiger partial charge in [0.2, 0.25) is 0 Å². The summed E-state index contributed by atoms with van der Waals surface area (Å²) in [5.41, 5.74) is 0.0758. The van der Waals surface area contributed by atoms with Crippen molar-refractivity contribution in [3.05, 3.63) is 107 Å². The highest BCUT2D eigenvalue weighted by atomic mass is 19.4. The van der Waals surface area contributed by atoms with Crippen LogP contribution in [-0.2, 0) is 28.4 Å². The molecule has 0 radical (unpaired) electrons. The predicted molar refractivity (Wildman–Crippen MR) is 149 cm³/mol. The van der Waals surface area contributed by atoms with Gasteiger partial charge in [0.05, 0.1) is 24.0 Å². The fraction of sp³-hybridized carbons (Fsp3) is 0.355. The molecule has 0 spiro atoms. The largest absolute Gasteiger partial charge is 0.506 e. The van der Waals surface area contributed by atoms with E-state index in [0.29, 0.717) is 25.6 Å². The molecule has 5 atom stereocenters. The van der Waals surface area contributed by atoms with Gasteiger partial charge < -0.3 is 14.6 Å². The molecule has 3 aliphatic heterocycles. The van der Waals surface area contributed by atoms with Crippen molar-refractivity contribution in [1.82, 2.24) is 25.1 Å². The van der Waals surface area contributed by atoms with Crippen LogP contribution in [0.4, 0.5) is 31.1 Å². The molecule has 9 nitrogen and oxygen atoms in total. The first kappa shape index (κ1) is 31.5. The highest BCUT2D eigenvalue weighted by molar-refractivity contribution is 5.57. The Morgan fingerprint density at radius 3 is 2.17 bits per heavy atom. The molecule has 1 N–H and O–H groups in total. The lowest BCUT2D eigenvalue weighted by Crippen LogP contribution is -2.66. The molecule has 3 aliphatic rings. The van der Waals surface area contributed by atoms with Crippen LogP contribution in [0.5, 0.6) is 0 Å². The molecule has 3 saturated heterocycles. The van der Waals surface area contributed by atoms with Crippen LogP contribution in [0.25, 0.3) is 5.69 Å². The van der Waals surface area contributed by atoms with Crippen molar-refractivity contribution in [3.63, 3.8) is 0 Å². The molecule has 15 heteroatoms. The van der Waals surface area contributed by atoms with E-state index >= 15 is 0 Å². The molecule has 3 fully saturated rings. The molecule has 4 heterocycles. The molecule has 2 bridgehead atoms. The third-order valence-corrected chi connectivity index (χ3v) is 8.45. The number of alkyl halides is 6. The normalized spacial score (nSPS) is 23.1. The van der Waals surface area contributed by atoms with E-state index in [1.54, 1.807) is 0 Å². The van der Waals surface area contributed by atoms with Crippen molar-refractivity contribution < 1.29 is 45.7 Å². The smallest absolute Gasteiger partial charge is 0.450 e. The Balaban J connectivity index is 1.40. The Kier molecular flexibility index (Phi) is 8.46. The van der Waals surface area contributed by atoms with Crippen LogP contribution >= 0.6 is 0 Å². The van der Waals surface area contributed by atoms with Crippen molar-refractivity contribution in [2.24, 2.45) is 5.92 Å². The van der Waals surface area contributed by atoms with Gasteiger partial charge >= 0.3 is 18.5 Å². The molecule has 0 aliphatic carbocycles. The maximum Gasteiger partial charge on any atom is 0.506 e. The van der Waals surface area contributed by atoms with E-state index in [0.717, 1.165) is 23.3 Å². The van der Waals surface area contributed by atoms with Crippen molar-refractivity contribution in [1.29, 1.82) is 0 Å². The van der Waals surface area contributed by atoms with Gasteiger partial charge in [-0.1, -0.05) is 60.7 Å². The fourth-order valence-corrected chi connectivity index (χ4v) is 6.62. The zero-order valence-corrected chi connectivity index (χ0v) is 23.9. The summed E-state index contributed by atoms with van der Waals surface area (Å²) in [6.45, 7) is 0.477. The second kappa shape index (κ2) is 12.4. The molecule has 3 aromatic carbocycles. The van der Waals surface area contributed by atoms with Crippen LogP contribution < -0.4 is 0 Å². The Morgan fingerprint density at radius 2 is 1.59 bits per heavy atom. The summed E-state index contributed by atoms with van der Waals surface area (Å²) in [5.74, 6) is -2.30. The van der Waals surface area contributed by atoms with E-state index in [-0.39, 0.29) is 22.2 Å². The quantitative estimate of drug-likeness (QED) is 0.179. The number of ether oxygens (including phenoxy) is 2. The van der Waals surface area contributed by atoms with Gasteiger partial charge in [0.1, 0.15) is 6.10 Å². The van der Waals surface area contributed by atoms with E-state index in [1.165, 1.54) is 0 Å². The minimum absolute atomic E-state index is 0.0738. The van der Waals surface area contributed by atoms with Crippen LogP contribution in [0, 0.1) is 5.92 Å². The van der Waals surface area contributed by atoms with Crippen LogP contribution in [-0.4, -0.2) is 67.7 Å². The zero-order chi connectivity index (χ0) is 32.6. The third-order valence-electron chi connectivity index (χ3n) is 8.45. The van der Waals surface area contributed by atoms with Gasteiger partial charge in [-0.3, -0.25) is 4.90 Å². The van der Waals surface area contributed by atoms with Gasteiger partial charge in [-0.25, -0.2) is 4.79 Å². The molecule has 46 heavy (non-hydrogen) atoms. The number of carboxylic acid groups (broad SMARTS) is 1. The van der Waals surface area contributed by atoms with Gasteiger partial charge in [-0.15, -0.1) is 5.10 Å². The van der Waals surface area contributed by atoms with Crippen LogP contribution in [0.3, 0.4) is 0 Å². The van der Waals surface area contributed by atoms with Crippen molar-refractivity contribution in [2.45, 2.75) is 49.5 Å². The molecule has 0 amide bonds. The second-order valence-electron chi connectivity index (χ2n) is 11.2. The van der Waals surface area contributed by atoms with Gasteiger partial charge in [0.25, 0.3) is 5.82 Å². The molecular weight excluding hydrogens is 620 g/mol. The summed E-state index contributed by atoms with van der Waals surface area (Å²) >= 11 is 0. The van der Waals surface area contributed by atoms with Crippen molar-refractivity contribution in [2.75, 3.05) is 13.1 Å². The van der Waals surface area contributed by atoms with Gasteiger partial charge in [-0.2, -0.15) is 31.0 Å². The lowest BCUT2D eigenvalue weighted by atomic mass is 9.70. The van der Waals surface area contributed by atoms with E-state index in [1.807, 2.05) is 60.7 Å². The first-order valence-corrected chi connectivity index (χ1v) is 14.3. The predicted octanol–water partition coefficient (Wildman–Crippen LogP) is 6.18. The summed E-state index contributed by atoms with van der Waals surface area (Å²) in [7, 11) is 0. The average molecular weight is 648 g/mol. The van der Waals surface area contributed by atoms with Crippen LogP contribution in [0.2, 0.25) is 0 Å². The van der Waals surface area contributed by atoms with Gasteiger partial charge in [0, 0.05) is 24.4 Å². The van der Waals surface area contributed by atoms with Gasteiger partial charge in [0.15, 0.2) is 0 Å². The van der Waals surface area contributed by atoms with Gasteiger partial charge in [-0.05, 0) is 58.3 Å². The monoisotopic (exact) mass is 647 g/mol. The number of piperidine rings is 3. The number of hydrogen-bond donors (Lipinski definition) is 1. The highest BCUT2D eigenvalue weighted by Crippen LogP contribution is 2.45. The van der Waals surface area contributed by atoms with Crippen LogP contribution in [0.15, 0.2) is 78.9 Å². The van der Waals surface area contributed by atoms with E-state index in [9.17, 15) is 36.2 Å². The molecule has 0 saturated carbocycles. The van der Waals surface area contributed by atoms with Crippen molar-refractivity contribution >= 4 is 6.16 Å². The second-order valence-corrected chi connectivity index (χ2v) is 11.2. The highest BCUT2D eigenvalue weighted by Gasteiger charge is 2.53. The number of fused-ring (bicyclic) bond motifs is 3. The molecule has 1 aromatic heterocycles. The molecule has 4 aromatic rings. The summed E-state index contributed by atoms with van der Waals surface area (Å²) in [6, 6.07) is 21.3. The number of halogens is 6. The number of rotatable bonds is 8. The van der Waals surface area contributed by atoms with Crippen LogP contribution in [0.1, 0.15) is 40.4 Å². The van der Waals surface area contributed by atoms with E-state index < -0.39 is 60.3 Å². The number of aromatic nitrogens is 4. The Morgan fingerprint density at radius 1 is 0.935 bits per heavy atom. The topological polar surface area (TPSA) is 103 Å². The SMILES string of the molecule is O=C(O)O[C@@H]1CN2CC[C@H]1[C@H](OCc1cc(-n3nnnc3C(F)(F)F)cc(C(F)(F)F)c1)[C@@H]2C(c1ccccc1)c1ccccc1. The number of carbonyl (C=O) groups is 1. The summed E-state index contributed by atoms with van der Waals surface area (Å²) in [6.07, 6.45) is -12.4. The minimum Gasteiger partial charge on any atom is -0.450 e. The van der Waals surface area contributed by atoms with E-state index in [4.69, 9.17) is 9.47 Å². The summed E-state index contributed by atoms with van der Waals surface area (Å²) in [4.78, 5) is 13.7. The lowest BCUT2D eigenvalue weighted by Gasteiger charge is -2.55. The minimum atomic E-state index is -5.03. The average Bonchev–Trinajstić information content (AvgIpc) is 3.53. The zero-order valence-electron chi connectivity index (χ0n) is 23.9. The number of nitrogens with zero attached hydrogens (tertiary/aromatic N) is 5. The maximum absolute atomic E-state index is 14.0. The lowest BCUT2D eigenvalue weighted by molar-refractivity contribution is -0.169. The standard InChI is InChI=1S/C31H27F6N5O4/c32-30(33,34)21-13-18(14-22(15-21)42-28(31(35,36)37)38-39-40-42)17-45-27-23-11-12-41(16-24(23)46-29(43)44)26(27)25(19-7-3-1-4-8-19)20-9-5-2-6-10-20/h1-10,13-15,23-27H,11-12,16-17H2,(H,43,44)/t23-,24-,26+,27+/m1/s1. The summed E-state index contributed by atoms with van der Waals surface area (Å²) < 4.78 is 94.3. The summed E-state index contributed by atoms with van der Waals surface area (Å²) in [5, 5.41) is 18.7. The van der Waals surface area contributed by atoms with E-state index in [2.05, 4.69) is 20.4 Å². The third kappa shape index (κ3) is 6.42. The first-order valence-electron chi connectivity index (χ1n) is 14.3. The number of tetrazole rings is 1. The Bertz CT molecular complexity index is 1630. The fourth-order valence-electron chi connectivity index (χ4n) is 6.62. The van der Waals surface area contributed by atoms with Crippen molar-refractivity contribution in [3.8, 4) is 5.69 Å². The molecule has 7 rings (SSSR count). The number of hydrogen-bond acceptors (Lipinski definition) is 7. The number of benzene rings is 3. The Hall–Kier alpha value is -4.50.